The van der Waals surface area contributed by atoms with Crippen LogP contribution in [0.15, 0.2) is 101 Å². The lowest BCUT2D eigenvalue weighted by molar-refractivity contribution is -0.128. The highest BCUT2D eigenvalue weighted by Gasteiger charge is 2.19. The van der Waals surface area contributed by atoms with Gasteiger partial charge in [0.2, 0.25) is 5.91 Å². The van der Waals surface area contributed by atoms with E-state index in [1.165, 1.54) is 11.3 Å². The number of rotatable bonds is 11. The van der Waals surface area contributed by atoms with E-state index < -0.39 is 17.9 Å². The van der Waals surface area contributed by atoms with Crippen LogP contribution >= 0.6 is 11.3 Å². The predicted molar refractivity (Wildman–Crippen MR) is 150 cm³/mol. The van der Waals surface area contributed by atoms with E-state index in [2.05, 4.69) is 20.8 Å². The van der Waals surface area contributed by atoms with E-state index in [-0.39, 0.29) is 13.0 Å². The number of benzene rings is 3. The fourth-order valence-corrected chi connectivity index (χ4v) is 4.51. The van der Waals surface area contributed by atoms with Gasteiger partial charge in [-0.15, -0.1) is 11.3 Å². The van der Waals surface area contributed by atoms with Gasteiger partial charge in [-0.1, -0.05) is 65.8 Å². The molecule has 0 aliphatic carbocycles. The highest BCUT2D eigenvalue weighted by molar-refractivity contribution is 7.14. The maximum Gasteiger partial charge on any atom is 0.258 e. The summed E-state index contributed by atoms with van der Waals surface area (Å²) in [7, 11) is 0. The number of nitrogens with one attached hydrogen (secondary N) is 2. The molecule has 0 saturated heterocycles. The summed E-state index contributed by atoms with van der Waals surface area (Å²) in [5, 5.41) is 12.6. The van der Waals surface area contributed by atoms with E-state index in [1.807, 2.05) is 84.2 Å². The van der Waals surface area contributed by atoms with Crippen molar-refractivity contribution < 1.29 is 18.8 Å². The quantitative estimate of drug-likeness (QED) is 0.220. The average molecular weight is 540 g/mol. The van der Waals surface area contributed by atoms with E-state index in [4.69, 9.17) is 15.0 Å². The predicted octanol–water partition coefficient (Wildman–Crippen LogP) is 4.80. The summed E-state index contributed by atoms with van der Waals surface area (Å²) in [5.74, 6) is 0.102. The fraction of sp³-hybridized carbons (Fsp3) is 0.103. The molecule has 2 aromatic heterocycles. The first-order valence-corrected chi connectivity index (χ1v) is 13.0. The molecule has 10 heteroatoms. The molecular weight excluding hydrogens is 514 g/mol. The van der Waals surface area contributed by atoms with Crippen molar-refractivity contribution in [2.45, 2.75) is 12.5 Å². The Balaban J connectivity index is 1.16. The molecule has 39 heavy (non-hydrogen) atoms. The molecule has 0 fully saturated rings. The van der Waals surface area contributed by atoms with E-state index in [0.29, 0.717) is 22.3 Å². The second-order valence-corrected chi connectivity index (χ2v) is 9.49. The molecule has 5 rings (SSSR count). The van der Waals surface area contributed by atoms with Crippen molar-refractivity contribution in [3.05, 3.63) is 102 Å². The normalized spacial score (nSPS) is 11.5. The summed E-state index contributed by atoms with van der Waals surface area (Å²) >= 11 is 1.44. The Morgan fingerprint density at radius 2 is 1.67 bits per heavy atom. The van der Waals surface area contributed by atoms with E-state index in [9.17, 15) is 9.59 Å². The molecule has 0 spiro atoms. The number of carbonyl (C=O) groups is 2. The molecule has 4 N–H and O–H groups in total. The molecule has 1 atom stereocenters. The number of ether oxygens (including phenoxy) is 1. The van der Waals surface area contributed by atoms with Crippen LogP contribution in [0.1, 0.15) is 5.56 Å². The first kappa shape index (κ1) is 25.7. The number of aromatic nitrogens is 2. The molecular formula is C29H25N5O4S. The lowest BCUT2D eigenvalue weighted by Crippen LogP contribution is -2.47. The second-order valence-electron chi connectivity index (χ2n) is 8.63. The van der Waals surface area contributed by atoms with E-state index in [0.717, 1.165) is 22.5 Å². The van der Waals surface area contributed by atoms with E-state index in [1.54, 1.807) is 12.1 Å². The van der Waals surface area contributed by atoms with Crippen LogP contribution in [0.3, 0.4) is 0 Å². The topological polar surface area (TPSA) is 132 Å². The van der Waals surface area contributed by atoms with Crippen molar-refractivity contribution in [3.63, 3.8) is 0 Å². The van der Waals surface area contributed by atoms with Gasteiger partial charge in [-0.05, 0) is 29.8 Å². The third kappa shape index (κ3) is 6.88. The Bertz CT molecular complexity index is 1530. The minimum absolute atomic E-state index is 0.214. The Morgan fingerprint density at radius 3 is 2.38 bits per heavy atom. The third-order valence-electron chi connectivity index (χ3n) is 5.77. The van der Waals surface area contributed by atoms with Crippen molar-refractivity contribution in [2.24, 2.45) is 5.73 Å². The fourth-order valence-electron chi connectivity index (χ4n) is 3.79. The minimum atomic E-state index is -0.861. The number of anilines is 2. The Labute approximate surface area is 228 Å². The SMILES string of the molecule is NC(=O)[C@H](Cc1ccc(Nc2nc(-c3cc(-c4ccccc4)no3)cs2)cc1)NC(=O)COc1ccccc1. The van der Waals surface area contributed by atoms with Crippen LogP contribution in [0.2, 0.25) is 0 Å². The number of carbonyl (C=O) groups excluding carboxylic acids is 2. The Kier molecular flexibility index (Phi) is 7.94. The Hall–Kier alpha value is -4.96. The molecule has 0 aliphatic heterocycles. The van der Waals surface area contributed by atoms with Gasteiger partial charge in [0.25, 0.3) is 5.91 Å². The van der Waals surface area contributed by atoms with Gasteiger partial charge in [-0.2, -0.15) is 0 Å². The van der Waals surface area contributed by atoms with Crippen molar-refractivity contribution >= 4 is 34.0 Å². The lowest BCUT2D eigenvalue weighted by atomic mass is 10.0. The standard InChI is InChI=1S/C29H25N5O4S/c30-28(36)24(32-27(35)17-37-22-9-5-2-6-10-22)15-19-11-13-21(14-12-19)31-29-33-25(18-39-29)26-16-23(34-38-26)20-7-3-1-4-8-20/h1-14,16,18,24H,15,17H2,(H2,30,36)(H,31,33)(H,32,35)/t24-/m0/s1. The zero-order valence-corrected chi connectivity index (χ0v) is 21.6. The summed E-state index contributed by atoms with van der Waals surface area (Å²) in [6, 6.07) is 27.2. The summed E-state index contributed by atoms with van der Waals surface area (Å²) in [6.07, 6.45) is 0.253. The molecule has 0 radical (unpaired) electrons. The molecule has 3 aromatic carbocycles. The maximum absolute atomic E-state index is 12.3. The first-order valence-electron chi connectivity index (χ1n) is 12.1. The van der Waals surface area contributed by atoms with Crippen LogP contribution in [0.25, 0.3) is 22.7 Å². The van der Waals surface area contributed by atoms with Crippen LogP contribution in [-0.4, -0.2) is 34.6 Å². The zero-order valence-electron chi connectivity index (χ0n) is 20.7. The lowest BCUT2D eigenvalue weighted by Gasteiger charge is -2.16. The van der Waals surface area contributed by atoms with Crippen molar-refractivity contribution in [3.8, 4) is 28.5 Å². The second kappa shape index (κ2) is 12.1. The molecule has 2 amide bonds. The van der Waals surface area contributed by atoms with Crippen LogP contribution in [-0.2, 0) is 16.0 Å². The summed E-state index contributed by atoms with van der Waals surface area (Å²) in [5.41, 5.74) is 9.59. The van der Waals surface area contributed by atoms with Gasteiger partial charge in [-0.3, -0.25) is 9.59 Å². The van der Waals surface area contributed by atoms with Crippen molar-refractivity contribution in [1.29, 1.82) is 0 Å². The van der Waals surface area contributed by atoms with Crippen molar-refractivity contribution in [1.82, 2.24) is 15.5 Å². The molecule has 9 nitrogen and oxygen atoms in total. The monoisotopic (exact) mass is 539 g/mol. The number of amides is 2. The van der Waals surface area contributed by atoms with Gasteiger partial charge in [0.15, 0.2) is 17.5 Å². The van der Waals surface area contributed by atoms with Gasteiger partial charge < -0.3 is 25.6 Å². The van der Waals surface area contributed by atoms with Crippen LogP contribution in [0.5, 0.6) is 5.75 Å². The summed E-state index contributed by atoms with van der Waals surface area (Å²) in [6.45, 7) is -0.214. The number of hydrogen-bond acceptors (Lipinski definition) is 8. The van der Waals surface area contributed by atoms with Crippen LogP contribution in [0, 0.1) is 0 Å². The van der Waals surface area contributed by atoms with Crippen LogP contribution < -0.4 is 21.1 Å². The first-order chi connectivity index (χ1) is 19.0. The number of nitrogens with two attached hydrogens (primary N) is 1. The number of para-hydroxylation sites is 1. The number of hydrogen-bond donors (Lipinski definition) is 3. The maximum atomic E-state index is 12.3. The van der Waals surface area contributed by atoms with Gasteiger partial charge in [0, 0.05) is 29.1 Å². The molecule has 196 valence electrons. The number of nitrogens with zero attached hydrogens (tertiary/aromatic N) is 2. The largest absolute Gasteiger partial charge is 0.484 e. The van der Waals surface area contributed by atoms with Gasteiger partial charge in [0.05, 0.1) is 0 Å². The number of primary amides is 1. The molecule has 2 heterocycles. The van der Waals surface area contributed by atoms with Gasteiger partial charge in [-0.25, -0.2) is 4.98 Å². The minimum Gasteiger partial charge on any atom is -0.484 e. The molecule has 0 aliphatic rings. The third-order valence-corrected chi connectivity index (χ3v) is 6.53. The number of thiazole rings is 1. The summed E-state index contributed by atoms with van der Waals surface area (Å²) < 4.78 is 10.9. The Morgan fingerprint density at radius 1 is 0.949 bits per heavy atom. The van der Waals surface area contributed by atoms with Crippen molar-refractivity contribution in [2.75, 3.05) is 11.9 Å². The molecule has 0 bridgehead atoms. The van der Waals surface area contributed by atoms with Gasteiger partial charge in [0.1, 0.15) is 23.2 Å². The molecule has 5 aromatic rings. The van der Waals surface area contributed by atoms with E-state index >= 15 is 0 Å². The average Bonchev–Trinajstić information content (AvgIpc) is 3.64. The molecule has 0 unspecified atom stereocenters. The highest BCUT2D eigenvalue weighted by Crippen LogP contribution is 2.30. The molecule has 0 saturated carbocycles. The van der Waals surface area contributed by atoms with Crippen LogP contribution in [0.4, 0.5) is 10.8 Å². The zero-order chi connectivity index (χ0) is 27.0. The smallest absolute Gasteiger partial charge is 0.258 e. The van der Waals surface area contributed by atoms with Gasteiger partial charge >= 0.3 is 0 Å². The highest BCUT2D eigenvalue weighted by atomic mass is 32.1. The summed E-state index contributed by atoms with van der Waals surface area (Å²) in [4.78, 5) is 28.8.